The third-order valence-electron chi connectivity index (χ3n) is 5.41. The number of carbonyl (C=O) groups is 2. The molecule has 0 unspecified atom stereocenters. The van der Waals surface area contributed by atoms with E-state index in [1.165, 1.54) is 13.0 Å². The molecule has 2 aromatic rings. The van der Waals surface area contributed by atoms with Gasteiger partial charge >= 0.3 is 5.97 Å². The van der Waals surface area contributed by atoms with E-state index >= 15 is 0 Å². The minimum Gasteiger partial charge on any atom is -0.486 e. The first-order chi connectivity index (χ1) is 17.7. The van der Waals surface area contributed by atoms with Gasteiger partial charge in [-0.2, -0.15) is 0 Å². The number of alkyl halides is 2. The number of sulfonamides is 1. The van der Waals surface area contributed by atoms with Crippen LogP contribution in [0.4, 0.5) is 14.5 Å². The maximum Gasteiger partial charge on any atom is 0.310 e. The van der Waals surface area contributed by atoms with Gasteiger partial charge in [-0.15, -0.1) is 5.10 Å². The Bertz CT molecular complexity index is 1270. The number of carbonyl (C=O) groups excluding carboxylic acids is 2. The molecule has 0 amide bonds. The zero-order valence-electron chi connectivity index (χ0n) is 22.1. The van der Waals surface area contributed by atoms with Crippen LogP contribution in [0.15, 0.2) is 29.3 Å². The van der Waals surface area contributed by atoms with Crippen molar-refractivity contribution in [2.45, 2.75) is 83.5 Å². The van der Waals surface area contributed by atoms with Crippen LogP contribution >= 0.6 is 0 Å². The van der Waals surface area contributed by atoms with Crippen LogP contribution in [0.5, 0.6) is 11.6 Å². The topological polar surface area (TPSA) is 117 Å². The summed E-state index contributed by atoms with van der Waals surface area (Å²) in [5, 5.41) is 3.90. The van der Waals surface area contributed by atoms with Crippen LogP contribution in [0.1, 0.15) is 53.0 Å². The van der Waals surface area contributed by atoms with Crippen molar-refractivity contribution in [1.29, 1.82) is 0 Å². The standard InChI is InChI=1S/C25H33F2N3O7S/c1-6-35-24-21(14-29(28-24)15-22(26)27)38(33,34)30-13-18(9-7-16(2)31)36-20-10-8-17(11-19(20)30)12-23(32)37-25(3,4)5/h8,10-11,14,18,22H,6-7,9,12-13,15H2,1-5H3/t18-/m0/s1. The molecule has 0 bridgehead atoms. The highest BCUT2D eigenvalue weighted by Gasteiger charge is 2.38. The Hall–Kier alpha value is -3.22. The van der Waals surface area contributed by atoms with Gasteiger partial charge in [0, 0.05) is 12.6 Å². The van der Waals surface area contributed by atoms with E-state index in [0.29, 0.717) is 5.56 Å². The Balaban J connectivity index is 2.05. The van der Waals surface area contributed by atoms with Gasteiger partial charge in [-0.3, -0.25) is 13.8 Å². The molecule has 13 heteroatoms. The molecule has 1 aliphatic heterocycles. The smallest absolute Gasteiger partial charge is 0.310 e. The van der Waals surface area contributed by atoms with Gasteiger partial charge in [0.15, 0.2) is 4.90 Å². The van der Waals surface area contributed by atoms with E-state index in [0.717, 1.165) is 15.2 Å². The van der Waals surface area contributed by atoms with E-state index in [-0.39, 0.29) is 60.4 Å². The molecule has 1 aromatic carbocycles. The lowest BCUT2D eigenvalue weighted by molar-refractivity contribution is -0.153. The number of fused-ring (bicyclic) bond motifs is 1. The van der Waals surface area contributed by atoms with Gasteiger partial charge in [0.2, 0.25) is 0 Å². The van der Waals surface area contributed by atoms with Gasteiger partial charge in [0.25, 0.3) is 22.3 Å². The fourth-order valence-electron chi connectivity index (χ4n) is 3.91. The van der Waals surface area contributed by atoms with Crippen LogP contribution in [0, 0.1) is 0 Å². The summed E-state index contributed by atoms with van der Waals surface area (Å²) < 4.78 is 72.5. The van der Waals surface area contributed by atoms with Crippen LogP contribution in [-0.4, -0.2) is 61.2 Å². The highest BCUT2D eigenvalue weighted by molar-refractivity contribution is 7.93. The van der Waals surface area contributed by atoms with Crippen molar-refractivity contribution in [3.8, 4) is 11.6 Å². The lowest BCUT2D eigenvalue weighted by Crippen LogP contribution is -2.43. The van der Waals surface area contributed by atoms with Crippen molar-refractivity contribution in [3.63, 3.8) is 0 Å². The second-order valence-corrected chi connectivity index (χ2v) is 11.8. The predicted octanol–water partition coefficient (Wildman–Crippen LogP) is 3.76. The summed E-state index contributed by atoms with van der Waals surface area (Å²) >= 11 is 0. The quantitative estimate of drug-likeness (QED) is 0.384. The molecule has 0 fully saturated rings. The number of hydrogen-bond donors (Lipinski definition) is 0. The van der Waals surface area contributed by atoms with Crippen LogP contribution < -0.4 is 13.8 Å². The first kappa shape index (κ1) is 29.3. The largest absolute Gasteiger partial charge is 0.486 e. The number of aromatic nitrogens is 2. The molecule has 0 N–H and O–H groups in total. The monoisotopic (exact) mass is 557 g/mol. The van der Waals surface area contributed by atoms with Gasteiger partial charge < -0.3 is 19.0 Å². The normalized spacial score (nSPS) is 15.7. The molecular weight excluding hydrogens is 524 g/mol. The molecular formula is C25H33F2N3O7S. The van der Waals surface area contributed by atoms with Crippen molar-refractivity contribution in [3.05, 3.63) is 30.0 Å². The summed E-state index contributed by atoms with van der Waals surface area (Å²) in [5.41, 5.74) is -0.0431. The van der Waals surface area contributed by atoms with Crippen LogP contribution in [0.3, 0.4) is 0 Å². The number of benzene rings is 1. The summed E-state index contributed by atoms with van der Waals surface area (Å²) in [6.45, 7) is 7.38. The molecule has 10 nitrogen and oxygen atoms in total. The molecule has 0 spiro atoms. The number of halogens is 2. The van der Waals surface area contributed by atoms with Crippen molar-refractivity contribution < 1.29 is 41.0 Å². The Labute approximate surface area is 220 Å². The van der Waals surface area contributed by atoms with E-state index in [4.69, 9.17) is 14.2 Å². The Morgan fingerprint density at radius 3 is 2.58 bits per heavy atom. The number of rotatable bonds is 11. The molecule has 3 rings (SSSR count). The third kappa shape index (κ3) is 7.42. The zero-order valence-corrected chi connectivity index (χ0v) is 22.9. The Morgan fingerprint density at radius 1 is 1.26 bits per heavy atom. The summed E-state index contributed by atoms with van der Waals surface area (Å²) in [7, 11) is -4.39. The molecule has 0 saturated carbocycles. The highest BCUT2D eigenvalue weighted by atomic mass is 32.2. The number of ketones is 1. The summed E-state index contributed by atoms with van der Waals surface area (Å²) in [4.78, 5) is 23.6. The van der Waals surface area contributed by atoms with E-state index < -0.39 is 40.7 Å². The van der Waals surface area contributed by atoms with E-state index in [9.17, 15) is 26.8 Å². The minimum absolute atomic E-state index is 0.0647. The fraction of sp³-hybridized carbons (Fsp3) is 0.560. The lowest BCUT2D eigenvalue weighted by Gasteiger charge is -2.35. The number of hydrogen-bond acceptors (Lipinski definition) is 8. The molecule has 1 aliphatic rings. The fourth-order valence-corrected chi connectivity index (χ4v) is 5.48. The zero-order chi connectivity index (χ0) is 28.3. The number of Topliss-reactive ketones (excluding diaryl/α,β-unsaturated/α-hetero) is 1. The first-order valence-electron chi connectivity index (χ1n) is 12.2. The van der Waals surface area contributed by atoms with Gasteiger partial charge in [-0.25, -0.2) is 17.2 Å². The number of ether oxygens (including phenoxy) is 3. The van der Waals surface area contributed by atoms with Gasteiger partial charge in [-0.1, -0.05) is 6.07 Å². The molecule has 38 heavy (non-hydrogen) atoms. The SMILES string of the molecule is CCOc1nn(CC(F)F)cc1S(=O)(=O)N1C[C@H](CCC(C)=O)Oc2ccc(CC(=O)OC(C)(C)C)cc21. The van der Waals surface area contributed by atoms with Crippen LogP contribution in [-0.2, 0) is 37.3 Å². The molecule has 0 radical (unpaired) electrons. The van der Waals surface area contributed by atoms with Crippen molar-refractivity contribution in [2.24, 2.45) is 0 Å². The maximum absolute atomic E-state index is 13.9. The Morgan fingerprint density at radius 2 is 1.97 bits per heavy atom. The molecule has 1 aromatic heterocycles. The average Bonchev–Trinajstić information content (AvgIpc) is 3.18. The summed E-state index contributed by atoms with van der Waals surface area (Å²) in [6, 6.07) is 4.70. The highest BCUT2D eigenvalue weighted by Crippen LogP contribution is 2.40. The molecule has 0 saturated heterocycles. The molecule has 2 heterocycles. The van der Waals surface area contributed by atoms with Crippen LogP contribution in [0.2, 0.25) is 0 Å². The minimum atomic E-state index is -4.39. The lowest BCUT2D eigenvalue weighted by atomic mass is 10.1. The molecule has 1 atom stereocenters. The number of esters is 1. The maximum atomic E-state index is 13.9. The van der Waals surface area contributed by atoms with Crippen molar-refractivity contribution in [2.75, 3.05) is 17.5 Å². The molecule has 210 valence electrons. The van der Waals surface area contributed by atoms with Gasteiger partial charge in [-0.05, 0) is 58.7 Å². The van der Waals surface area contributed by atoms with E-state index in [2.05, 4.69) is 5.10 Å². The third-order valence-corrected chi connectivity index (χ3v) is 7.17. The second kappa shape index (κ2) is 11.7. The first-order valence-corrected chi connectivity index (χ1v) is 13.7. The van der Waals surface area contributed by atoms with Gasteiger partial charge in [0.05, 0.1) is 25.3 Å². The van der Waals surface area contributed by atoms with Crippen LogP contribution in [0.25, 0.3) is 0 Å². The van der Waals surface area contributed by atoms with E-state index in [1.54, 1.807) is 39.8 Å². The summed E-state index contributed by atoms with van der Waals surface area (Å²) in [6.07, 6.45) is -2.05. The van der Waals surface area contributed by atoms with Crippen molar-refractivity contribution >= 4 is 27.5 Å². The number of nitrogens with zero attached hydrogens (tertiary/aromatic N) is 3. The van der Waals surface area contributed by atoms with Crippen molar-refractivity contribution in [1.82, 2.24) is 9.78 Å². The second-order valence-electron chi connectivity index (χ2n) is 9.93. The predicted molar refractivity (Wildman–Crippen MR) is 134 cm³/mol. The molecule has 0 aliphatic carbocycles. The number of anilines is 1. The Kier molecular flexibility index (Phi) is 9.01. The van der Waals surface area contributed by atoms with E-state index in [1.807, 2.05) is 0 Å². The summed E-state index contributed by atoms with van der Waals surface area (Å²) in [5.74, 6) is -0.631. The van der Waals surface area contributed by atoms with Gasteiger partial charge in [0.1, 0.15) is 29.8 Å². The average molecular weight is 558 g/mol.